The van der Waals surface area contributed by atoms with Crippen molar-refractivity contribution in [2.24, 2.45) is 28.6 Å². The third-order valence-electron chi connectivity index (χ3n) is 9.45. The topological polar surface area (TPSA) is 101 Å². The first-order valence-electron chi connectivity index (χ1n) is 12.2. The average Bonchev–Trinajstić information content (AvgIpc) is 3.09. The molecule has 5 rings (SSSR count). The van der Waals surface area contributed by atoms with Gasteiger partial charge in [0, 0.05) is 16.7 Å². The number of benzene rings is 1. The van der Waals surface area contributed by atoms with Crippen LogP contribution in [0.15, 0.2) is 54.1 Å². The van der Waals surface area contributed by atoms with Crippen LogP contribution in [0.5, 0.6) is 0 Å². The molecule has 1 aromatic carbocycles. The summed E-state index contributed by atoms with van der Waals surface area (Å²) in [7, 11) is 0. The average molecular weight is 465 g/mol. The van der Waals surface area contributed by atoms with Crippen molar-refractivity contribution < 1.29 is 29.3 Å². The number of ether oxygens (including phenoxy) is 1. The summed E-state index contributed by atoms with van der Waals surface area (Å²) in [5, 5.41) is 23.1. The Kier molecular flexibility index (Phi) is 5.45. The predicted octanol–water partition coefficient (Wildman–Crippen LogP) is 3.42. The van der Waals surface area contributed by atoms with Gasteiger partial charge in [-0.05, 0) is 68.2 Å². The number of ketones is 2. The summed E-state index contributed by atoms with van der Waals surface area (Å²) in [6.45, 7) is 3.51. The van der Waals surface area contributed by atoms with Gasteiger partial charge in [0.05, 0.1) is 11.7 Å². The molecular formula is C28H32O6. The van der Waals surface area contributed by atoms with Crippen LogP contribution in [0.1, 0.15) is 56.3 Å². The first-order valence-corrected chi connectivity index (χ1v) is 12.2. The molecule has 6 nitrogen and oxygen atoms in total. The summed E-state index contributed by atoms with van der Waals surface area (Å²) in [6.07, 6.45) is 7.39. The van der Waals surface area contributed by atoms with Crippen LogP contribution in [0.3, 0.4) is 0 Å². The summed E-state index contributed by atoms with van der Waals surface area (Å²) < 4.78 is 5.26. The summed E-state index contributed by atoms with van der Waals surface area (Å²) in [4.78, 5) is 37.6. The van der Waals surface area contributed by atoms with E-state index >= 15 is 0 Å². The fourth-order valence-corrected chi connectivity index (χ4v) is 7.70. The molecule has 0 amide bonds. The summed E-state index contributed by atoms with van der Waals surface area (Å²) in [5.41, 5.74) is -1.44. The Morgan fingerprint density at radius 1 is 1.15 bits per heavy atom. The number of aliphatic hydroxyl groups excluding tert-OH is 1. The molecule has 3 saturated carbocycles. The van der Waals surface area contributed by atoms with E-state index in [1.807, 2.05) is 13.0 Å². The van der Waals surface area contributed by atoms with Gasteiger partial charge < -0.3 is 14.9 Å². The number of carbonyl (C=O) groups excluding carboxylic acids is 3. The summed E-state index contributed by atoms with van der Waals surface area (Å²) in [5.74, 6) is -0.987. The number of allylic oxidation sites excluding steroid dienone is 4. The predicted molar refractivity (Wildman–Crippen MR) is 125 cm³/mol. The third kappa shape index (κ3) is 3.26. The fourth-order valence-electron chi connectivity index (χ4n) is 7.70. The molecule has 0 aromatic heterocycles. The molecule has 0 aliphatic heterocycles. The molecule has 0 saturated heterocycles. The maximum atomic E-state index is 13.3. The minimum Gasteiger partial charge on any atom is -0.454 e. The van der Waals surface area contributed by atoms with Gasteiger partial charge in [-0.25, -0.2) is 4.79 Å². The Bertz CT molecular complexity index is 1090. The number of hydrogen-bond donors (Lipinski definition) is 2. The van der Waals surface area contributed by atoms with Crippen LogP contribution in [-0.4, -0.2) is 46.1 Å². The molecule has 7 atom stereocenters. The van der Waals surface area contributed by atoms with E-state index in [2.05, 4.69) is 6.92 Å². The highest BCUT2D eigenvalue weighted by molar-refractivity contribution is 6.01. The van der Waals surface area contributed by atoms with E-state index < -0.39 is 40.9 Å². The molecule has 34 heavy (non-hydrogen) atoms. The van der Waals surface area contributed by atoms with Crippen molar-refractivity contribution >= 4 is 17.5 Å². The molecule has 1 aromatic rings. The van der Waals surface area contributed by atoms with E-state index in [0.717, 1.165) is 18.4 Å². The van der Waals surface area contributed by atoms with Crippen molar-refractivity contribution in [2.45, 2.75) is 57.7 Å². The lowest BCUT2D eigenvalue weighted by Crippen LogP contribution is -2.61. The Labute approximate surface area is 199 Å². The lowest BCUT2D eigenvalue weighted by molar-refractivity contribution is -0.178. The molecule has 4 aliphatic carbocycles. The minimum atomic E-state index is -1.66. The van der Waals surface area contributed by atoms with E-state index in [1.54, 1.807) is 42.5 Å². The highest BCUT2D eigenvalue weighted by Gasteiger charge is 2.68. The highest BCUT2D eigenvalue weighted by Crippen LogP contribution is 2.67. The lowest BCUT2D eigenvalue weighted by Gasteiger charge is -2.59. The molecule has 0 heterocycles. The van der Waals surface area contributed by atoms with Gasteiger partial charge in [-0.15, -0.1) is 0 Å². The first-order chi connectivity index (χ1) is 16.1. The lowest BCUT2D eigenvalue weighted by atomic mass is 9.46. The number of aliphatic hydroxyl groups is 2. The van der Waals surface area contributed by atoms with Gasteiger partial charge in [0.25, 0.3) is 0 Å². The SMILES string of the molecule is C[C@]12C=CC(=O)C=C1CC[C@@H]1[C@@H]2[C@@H](O)C[C@@]2(C)[C@H]1CC[C@]2(O)C(=O)COC(=O)c1ccccc1. The molecule has 0 unspecified atom stereocenters. The van der Waals surface area contributed by atoms with Gasteiger partial charge >= 0.3 is 5.97 Å². The Morgan fingerprint density at radius 3 is 2.62 bits per heavy atom. The largest absolute Gasteiger partial charge is 0.454 e. The molecule has 0 radical (unpaired) electrons. The zero-order valence-corrected chi connectivity index (χ0v) is 19.7. The normalized spacial score (nSPS) is 40.6. The highest BCUT2D eigenvalue weighted by atomic mass is 16.5. The minimum absolute atomic E-state index is 0.00745. The number of rotatable bonds is 4. The number of hydrogen-bond acceptors (Lipinski definition) is 6. The van der Waals surface area contributed by atoms with E-state index in [4.69, 9.17) is 4.74 Å². The molecule has 6 heteroatoms. The smallest absolute Gasteiger partial charge is 0.338 e. The van der Waals surface area contributed by atoms with E-state index in [1.165, 1.54) is 0 Å². The quantitative estimate of drug-likeness (QED) is 0.662. The standard InChI is InChI=1S/C28H32O6/c1-26-12-10-19(29)14-18(26)8-9-20-21-11-13-28(33,27(21,2)15-22(30)24(20)26)23(31)16-34-25(32)17-6-4-3-5-7-17/h3-7,10,12,14,20-22,24,30,33H,8-9,11,13,15-16H2,1-2H3/t20-,21-,22-,24+,26-,27-,28-/m0/s1. The van der Waals surface area contributed by atoms with Crippen LogP contribution in [-0.2, 0) is 14.3 Å². The number of carbonyl (C=O) groups is 3. The Balaban J connectivity index is 1.37. The molecule has 2 N–H and O–H groups in total. The maximum Gasteiger partial charge on any atom is 0.338 e. The molecule has 0 bridgehead atoms. The second kappa shape index (κ2) is 7.99. The molecular weight excluding hydrogens is 432 g/mol. The first kappa shape index (κ1) is 23.2. The van der Waals surface area contributed by atoms with Crippen molar-refractivity contribution in [1.82, 2.24) is 0 Å². The van der Waals surface area contributed by atoms with Crippen molar-refractivity contribution in [1.29, 1.82) is 0 Å². The van der Waals surface area contributed by atoms with Crippen LogP contribution in [0, 0.1) is 28.6 Å². The number of Topliss-reactive ketones (excluding diaryl/α,β-unsaturated/α-hetero) is 1. The monoisotopic (exact) mass is 464 g/mol. The van der Waals surface area contributed by atoms with Crippen molar-refractivity contribution in [3.63, 3.8) is 0 Å². The van der Waals surface area contributed by atoms with Gasteiger partial charge in [0.1, 0.15) is 5.60 Å². The van der Waals surface area contributed by atoms with Crippen LogP contribution in [0.2, 0.25) is 0 Å². The second-order valence-corrected chi connectivity index (χ2v) is 11.0. The molecule has 4 aliphatic rings. The fraction of sp³-hybridized carbons (Fsp3) is 0.536. The van der Waals surface area contributed by atoms with Crippen LogP contribution in [0.25, 0.3) is 0 Å². The van der Waals surface area contributed by atoms with Crippen LogP contribution >= 0.6 is 0 Å². The zero-order valence-electron chi connectivity index (χ0n) is 19.7. The van der Waals surface area contributed by atoms with Crippen molar-refractivity contribution in [3.05, 3.63) is 59.7 Å². The molecule has 0 spiro atoms. The molecule has 3 fully saturated rings. The maximum absolute atomic E-state index is 13.3. The Hall–Kier alpha value is -2.57. The Morgan fingerprint density at radius 2 is 1.88 bits per heavy atom. The zero-order chi connectivity index (χ0) is 24.3. The van der Waals surface area contributed by atoms with Gasteiger partial charge in [-0.1, -0.05) is 43.7 Å². The van der Waals surface area contributed by atoms with E-state index in [9.17, 15) is 24.6 Å². The summed E-state index contributed by atoms with van der Waals surface area (Å²) >= 11 is 0. The second-order valence-electron chi connectivity index (χ2n) is 11.0. The summed E-state index contributed by atoms with van der Waals surface area (Å²) in [6, 6.07) is 8.46. The third-order valence-corrected chi connectivity index (χ3v) is 9.45. The number of fused-ring (bicyclic) bond motifs is 5. The molecule has 180 valence electrons. The van der Waals surface area contributed by atoms with Gasteiger partial charge in [-0.2, -0.15) is 0 Å². The van der Waals surface area contributed by atoms with Crippen molar-refractivity contribution in [3.8, 4) is 0 Å². The van der Waals surface area contributed by atoms with Crippen LogP contribution in [0.4, 0.5) is 0 Å². The van der Waals surface area contributed by atoms with E-state index in [-0.39, 0.29) is 23.5 Å². The van der Waals surface area contributed by atoms with Crippen molar-refractivity contribution in [2.75, 3.05) is 6.61 Å². The van der Waals surface area contributed by atoms with Gasteiger partial charge in [0.15, 0.2) is 12.4 Å². The van der Waals surface area contributed by atoms with E-state index in [0.29, 0.717) is 24.8 Å². The number of esters is 1. The van der Waals surface area contributed by atoms with Gasteiger partial charge in [-0.3, -0.25) is 9.59 Å². The van der Waals surface area contributed by atoms with Gasteiger partial charge in [0.2, 0.25) is 5.78 Å². The van der Waals surface area contributed by atoms with Crippen LogP contribution < -0.4 is 0 Å².